The first-order chi connectivity index (χ1) is 11.0. The molecule has 0 radical (unpaired) electrons. The van der Waals surface area contributed by atoms with Crippen molar-refractivity contribution >= 4 is 17.6 Å². The molecule has 2 aromatic carbocycles. The number of rotatable bonds is 6. The second-order valence-corrected chi connectivity index (χ2v) is 5.30. The highest BCUT2D eigenvalue weighted by atomic mass is 16.5. The summed E-state index contributed by atoms with van der Waals surface area (Å²) >= 11 is 0. The van der Waals surface area contributed by atoms with Gasteiger partial charge in [-0.1, -0.05) is 24.3 Å². The number of carbonyl (C=O) groups excluding carboxylic acids is 1. The predicted octanol–water partition coefficient (Wildman–Crippen LogP) is 2.95. The average Bonchev–Trinajstić information content (AvgIpc) is 2.50. The van der Waals surface area contributed by atoms with E-state index in [0.29, 0.717) is 17.0 Å². The van der Waals surface area contributed by atoms with Crippen molar-refractivity contribution in [2.75, 3.05) is 11.9 Å². The summed E-state index contributed by atoms with van der Waals surface area (Å²) in [5.74, 6) is -0.461. The first kappa shape index (κ1) is 16.5. The molecule has 0 atom stereocenters. The van der Waals surface area contributed by atoms with Gasteiger partial charge in [-0.15, -0.1) is 0 Å². The summed E-state index contributed by atoms with van der Waals surface area (Å²) in [7, 11) is 0. The average molecular weight is 313 g/mol. The number of amides is 1. The van der Waals surface area contributed by atoms with E-state index in [1.807, 2.05) is 32.0 Å². The fourth-order valence-corrected chi connectivity index (χ4v) is 2.10. The highest BCUT2D eigenvalue weighted by molar-refractivity contribution is 5.91. The van der Waals surface area contributed by atoms with Gasteiger partial charge in [-0.05, 0) is 48.7 Å². The quantitative estimate of drug-likeness (QED) is 0.859. The molecular formula is C18H19NO4. The SMILES string of the molecule is Cc1cccc(OCC(=O)Nc2ccc(CC(=O)O)cc2)c1C. The fourth-order valence-electron chi connectivity index (χ4n) is 2.10. The van der Waals surface area contributed by atoms with Crippen LogP contribution in [-0.2, 0) is 16.0 Å². The highest BCUT2D eigenvalue weighted by Gasteiger charge is 2.07. The van der Waals surface area contributed by atoms with Crippen molar-refractivity contribution in [2.45, 2.75) is 20.3 Å². The van der Waals surface area contributed by atoms with E-state index in [0.717, 1.165) is 11.1 Å². The summed E-state index contributed by atoms with van der Waals surface area (Å²) in [6, 6.07) is 12.4. The van der Waals surface area contributed by atoms with E-state index < -0.39 is 5.97 Å². The van der Waals surface area contributed by atoms with Crippen LogP contribution in [0.15, 0.2) is 42.5 Å². The van der Waals surface area contributed by atoms with Gasteiger partial charge < -0.3 is 15.2 Å². The van der Waals surface area contributed by atoms with Gasteiger partial charge in [0.25, 0.3) is 5.91 Å². The monoisotopic (exact) mass is 313 g/mol. The maximum Gasteiger partial charge on any atom is 0.307 e. The number of carboxylic acids is 1. The topological polar surface area (TPSA) is 75.6 Å². The Morgan fingerprint density at radius 3 is 2.43 bits per heavy atom. The molecule has 2 aromatic rings. The lowest BCUT2D eigenvalue weighted by molar-refractivity contribution is -0.136. The van der Waals surface area contributed by atoms with Crippen LogP contribution in [-0.4, -0.2) is 23.6 Å². The molecule has 120 valence electrons. The summed E-state index contributed by atoms with van der Waals surface area (Å²) in [4.78, 5) is 22.5. The molecule has 1 amide bonds. The van der Waals surface area contributed by atoms with E-state index >= 15 is 0 Å². The number of nitrogens with one attached hydrogen (secondary N) is 1. The number of anilines is 1. The Hall–Kier alpha value is -2.82. The van der Waals surface area contributed by atoms with Gasteiger partial charge in [-0.2, -0.15) is 0 Å². The van der Waals surface area contributed by atoms with Crippen molar-refractivity contribution in [3.8, 4) is 5.75 Å². The number of hydrogen-bond acceptors (Lipinski definition) is 3. The van der Waals surface area contributed by atoms with E-state index in [1.54, 1.807) is 24.3 Å². The zero-order chi connectivity index (χ0) is 16.8. The molecule has 0 aliphatic carbocycles. The summed E-state index contributed by atoms with van der Waals surface area (Å²) in [5, 5.41) is 11.4. The lowest BCUT2D eigenvalue weighted by Gasteiger charge is -2.11. The van der Waals surface area contributed by atoms with Crippen LogP contribution in [0, 0.1) is 13.8 Å². The third-order valence-electron chi connectivity index (χ3n) is 3.51. The second-order valence-electron chi connectivity index (χ2n) is 5.30. The Kier molecular flexibility index (Phi) is 5.36. The number of benzene rings is 2. The van der Waals surface area contributed by atoms with E-state index in [2.05, 4.69) is 5.32 Å². The van der Waals surface area contributed by atoms with Crippen LogP contribution in [0.1, 0.15) is 16.7 Å². The maximum absolute atomic E-state index is 11.9. The van der Waals surface area contributed by atoms with Crippen molar-refractivity contribution in [3.63, 3.8) is 0 Å². The van der Waals surface area contributed by atoms with Crippen LogP contribution < -0.4 is 10.1 Å². The van der Waals surface area contributed by atoms with Crippen LogP contribution in [0.25, 0.3) is 0 Å². The highest BCUT2D eigenvalue weighted by Crippen LogP contribution is 2.20. The van der Waals surface area contributed by atoms with Crippen LogP contribution >= 0.6 is 0 Å². The Morgan fingerprint density at radius 1 is 1.09 bits per heavy atom. The molecule has 2 rings (SSSR count). The minimum absolute atomic E-state index is 0.0377. The van der Waals surface area contributed by atoms with E-state index in [9.17, 15) is 9.59 Å². The Labute approximate surface area is 134 Å². The molecule has 0 saturated carbocycles. The molecule has 23 heavy (non-hydrogen) atoms. The van der Waals surface area contributed by atoms with Gasteiger partial charge in [0, 0.05) is 5.69 Å². The van der Waals surface area contributed by atoms with Gasteiger partial charge in [-0.3, -0.25) is 9.59 Å². The molecule has 0 fully saturated rings. The van der Waals surface area contributed by atoms with Gasteiger partial charge in [0.2, 0.25) is 0 Å². The minimum atomic E-state index is -0.885. The number of carboxylic acid groups (broad SMARTS) is 1. The molecule has 0 heterocycles. The van der Waals surface area contributed by atoms with E-state index in [1.165, 1.54) is 0 Å². The lowest BCUT2D eigenvalue weighted by Crippen LogP contribution is -2.20. The van der Waals surface area contributed by atoms with Gasteiger partial charge in [-0.25, -0.2) is 0 Å². The Morgan fingerprint density at radius 2 is 1.78 bits per heavy atom. The van der Waals surface area contributed by atoms with Gasteiger partial charge >= 0.3 is 5.97 Å². The Bertz CT molecular complexity index is 707. The first-order valence-corrected chi connectivity index (χ1v) is 7.25. The van der Waals surface area contributed by atoms with E-state index in [4.69, 9.17) is 9.84 Å². The zero-order valence-electron chi connectivity index (χ0n) is 13.1. The van der Waals surface area contributed by atoms with Crippen molar-refractivity contribution in [1.29, 1.82) is 0 Å². The molecule has 0 aromatic heterocycles. The van der Waals surface area contributed by atoms with E-state index in [-0.39, 0.29) is 18.9 Å². The van der Waals surface area contributed by atoms with Crippen LogP contribution in [0.5, 0.6) is 5.75 Å². The molecule has 0 bridgehead atoms. The fraction of sp³-hybridized carbons (Fsp3) is 0.222. The number of carbonyl (C=O) groups is 2. The predicted molar refractivity (Wildman–Crippen MR) is 87.8 cm³/mol. The third kappa shape index (κ3) is 4.85. The molecule has 0 unspecified atom stereocenters. The summed E-state index contributed by atoms with van der Waals surface area (Å²) in [6.07, 6.45) is -0.0377. The molecule has 2 N–H and O–H groups in total. The molecule has 0 aliphatic heterocycles. The Balaban J connectivity index is 1.89. The molecule has 5 heteroatoms. The van der Waals surface area contributed by atoms with Crippen molar-refractivity contribution < 1.29 is 19.4 Å². The first-order valence-electron chi connectivity index (χ1n) is 7.25. The number of aryl methyl sites for hydroxylation is 1. The summed E-state index contributed by atoms with van der Waals surface area (Å²) in [5.41, 5.74) is 3.41. The number of hydrogen-bond donors (Lipinski definition) is 2. The van der Waals surface area contributed by atoms with Gasteiger partial charge in [0.15, 0.2) is 6.61 Å². The molecule has 5 nitrogen and oxygen atoms in total. The molecule has 0 spiro atoms. The number of aliphatic carboxylic acids is 1. The normalized spacial score (nSPS) is 10.2. The van der Waals surface area contributed by atoms with Crippen molar-refractivity contribution in [1.82, 2.24) is 0 Å². The molecular weight excluding hydrogens is 294 g/mol. The second kappa shape index (κ2) is 7.45. The maximum atomic E-state index is 11.9. The third-order valence-corrected chi connectivity index (χ3v) is 3.51. The standard InChI is InChI=1S/C18H19NO4/c1-12-4-3-5-16(13(12)2)23-11-17(20)19-15-8-6-14(7-9-15)10-18(21)22/h3-9H,10-11H2,1-2H3,(H,19,20)(H,21,22). The molecule has 0 saturated heterocycles. The smallest absolute Gasteiger partial charge is 0.307 e. The van der Waals surface area contributed by atoms with Crippen molar-refractivity contribution in [3.05, 3.63) is 59.2 Å². The van der Waals surface area contributed by atoms with Crippen molar-refractivity contribution in [2.24, 2.45) is 0 Å². The summed E-state index contributed by atoms with van der Waals surface area (Å²) in [6.45, 7) is 3.85. The number of ether oxygens (including phenoxy) is 1. The van der Waals surface area contributed by atoms with Crippen LogP contribution in [0.3, 0.4) is 0 Å². The van der Waals surface area contributed by atoms with Crippen LogP contribution in [0.2, 0.25) is 0 Å². The van der Waals surface area contributed by atoms with Gasteiger partial charge in [0.1, 0.15) is 5.75 Å². The summed E-state index contributed by atoms with van der Waals surface area (Å²) < 4.78 is 5.54. The molecule has 0 aliphatic rings. The minimum Gasteiger partial charge on any atom is -0.483 e. The van der Waals surface area contributed by atoms with Gasteiger partial charge in [0.05, 0.1) is 6.42 Å². The zero-order valence-corrected chi connectivity index (χ0v) is 13.1. The van der Waals surface area contributed by atoms with Crippen LogP contribution in [0.4, 0.5) is 5.69 Å². The lowest BCUT2D eigenvalue weighted by atomic mass is 10.1. The largest absolute Gasteiger partial charge is 0.483 e.